The Morgan fingerprint density at radius 1 is 0.727 bits per heavy atom. The fraction of sp³-hybridized carbons (Fsp3) is 0.0667. The highest BCUT2D eigenvalue weighted by molar-refractivity contribution is 6.21. The van der Waals surface area contributed by atoms with Crippen molar-refractivity contribution in [2.75, 3.05) is 0 Å². The van der Waals surface area contributed by atoms with E-state index in [1.165, 1.54) is 0 Å². The van der Waals surface area contributed by atoms with Gasteiger partial charge in [0.05, 0.1) is 17.7 Å². The number of hydrogen-bond donors (Lipinski definition) is 0. The molecule has 0 saturated heterocycles. The van der Waals surface area contributed by atoms with Crippen LogP contribution in [0.15, 0.2) is 30.3 Å². The van der Waals surface area contributed by atoms with Crippen LogP contribution in [-0.4, -0.2) is 16.7 Å². The van der Waals surface area contributed by atoms with Crippen LogP contribution in [0.25, 0.3) is 0 Å². The van der Waals surface area contributed by atoms with Gasteiger partial charge in [-0.2, -0.15) is 0 Å². The molecule has 1 heterocycles. The first-order chi connectivity index (χ1) is 10.4. The molecule has 0 aromatic heterocycles. The molecule has 3 rings (SSSR count). The van der Waals surface area contributed by atoms with Crippen molar-refractivity contribution in [3.63, 3.8) is 0 Å². The molecule has 3 nitrogen and oxygen atoms in total. The van der Waals surface area contributed by atoms with Gasteiger partial charge in [-0.1, -0.05) is 30.3 Å². The lowest BCUT2D eigenvalue weighted by Crippen LogP contribution is -2.29. The van der Waals surface area contributed by atoms with Gasteiger partial charge in [-0.25, -0.2) is 17.6 Å². The average Bonchev–Trinajstić information content (AvgIpc) is 2.76. The summed E-state index contributed by atoms with van der Waals surface area (Å²) in [4.78, 5) is 24.7. The summed E-state index contributed by atoms with van der Waals surface area (Å²) in [5, 5.41) is 0. The van der Waals surface area contributed by atoms with E-state index in [0.29, 0.717) is 10.5 Å². The Labute approximate surface area is 121 Å². The van der Waals surface area contributed by atoms with E-state index in [0.717, 1.165) is 0 Å². The monoisotopic (exact) mass is 309 g/mol. The van der Waals surface area contributed by atoms with E-state index in [1.54, 1.807) is 30.3 Å². The molecular formula is C15H7F4NO2. The van der Waals surface area contributed by atoms with E-state index < -0.39 is 46.2 Å². The van der Waals surface area contributed by atoms with Crippen molar-refractivity contribution in [2.45, 2.75) is 6.54 Å². The van der Waals surface area contributed by atoms with Gasteiger partial charge >= 0.3 is 0 Å². The van der Waals surface area contributed by atoms with E-state index in [2.05, 4.69) is 0 Å². The van der Waals surface area contributed by atoms with Crippen LogP contribution in [0.3, 0.4) is 0 Å². The second-order valence-corrected chi connectivity index (χ2v) is 4.69. The summed E-state index contributed by atoms with van der Waals surface area (Å²) >= 11 is 0. The number of amides is 2. The van der Waals surface area contributed by atoms with Crippen molar-refractivity contribution < 1.29 is 27.2 Å². The number of rotatable bonds is 2. The Balaban J connectivity index is 2.10. The number of hydrogen-bond acceptors (Lipinski definition) is 2. The van der Waals surface area contributed by atoms with Crippen LogP contribution in [0.4, 0.5) is 17.6 Å². The van der Waals surface area contributed by atoms with Crippen molar-refractivity contribution in [2.24, 2.45) is 0 Å². The summed E-state index contributed by atoms with van der Waals surface area (Å²) in [6, 6.07) is 8.19. The van der Waals surface area contributed by atoms with Crippen LogP contribution < -0.4 is 0 Å². The second kappa shape index (κ2) is 4.94. The fourth-order valence-corrected chi connectivity index (χ4v) is 2.31. The van der Waals surface area contributed by atoms with Crippen molar-refractivity contribution >= 4 is 11.8 Å². The van der Waals surface area contributed by atoms with Gasteiger partial charge < -0.3 is 0 Å². The number of fused-ring (bicyclic) bond motifs is 1. The van der Waals surface area contributed by atoms with Gasteiger partial charge in [0, 0.05) is 0 Å². The summed E-state index contributed by atoms with van der Waals surface area (Å²) in [6.45, 7) is -0.255. The Hall–Kier alpha value is -2.70. The van der Waals surface area contributed by atoms with E-state index in [-0.39, 0.29) is 6.54 Å². The Morgan fingerprint density at radius 3 is 1.64 bits per heavy atom. The SMILES string of the molecule is O=C1c2c(F)c(F)c(F)c(F)c2C(=O)N1Cc1ccccc1. The molecular weight excluding hydrogens is 302 g/mol. The highest BCUT2D eigenvalue weighted by Crippen LogP contribution is 2.32. The quantitative estimate of drug-likeness (QED) is 0.370. The molecule has 0 N–H and O–H groups in total. The predicted octanol–water partition coefficient (Wildman–Crippen LogP) is 3.04. The minimum Gasteiger partial charge on any atom is -0.270 e. The van der Waals surface area contributed by atoms with Crippen LogP contribution in [-0.2, 0) is 6.54 Å². The normalized spacial score (nSPS) is 13.7. The number of benzene rings is 2. The third kappa shape index (κ3) is 1.89. The van der Waals surface area contributed by atoms with Crippen LogP contribution in [0.5, 0.6) is 0 Å². The minimum atomic E-state index is -2.11. The molecule has 0 fully saturated rings. The van der Waals surface area contributed by atoms with Gasteiger partial charge in [0.1, 0.15) is 0 Å². The first-order valence-corrected chi connectivity index (χ1v) is 6.19. The molecule has 0 unspecified atom stereocenters. The molecule has 1 aliphatic rings. The lowest BCUT2D eigenvalue weighted by Gasteiger charge is -2.13. The van der Waals surface area contributed by atoms with Crippen LogP contribution >= 0.6 is 0 Å². The van der Waals surface area contributed by atoms with Gasteiger partial charge in [0.25, 0.3) is 11.8 Å². The van der Waals surface area contributed by atoms with Gasteiger partial charge in [0.2, 0.25) is 0 Å². The van der Waals surface area contributed by atoms with Gasteiger partial charge in [-0.15, -0.1) is 0 Å². The molecule has 0 bridgehead atoms. The smallest absolute Gasteiger partial charge is 0.265 e. The zero-order valence-electron chi connectivity index (χ0n) is 10.9. The van der Waals surface area contributed by atoms with E-state index in [9.17, 15) is 27.2 Å². The Bertz CT molecular complexity index is 758. The molecule has 22 heavy (non-hydrogen) atoms. The molecule has 0 radical (unpaired) electrons. The van der Waals surface area contributed by atoms with Crippen LogP contribution in [0.2, 0.25) is 0 Å². The summed E-state index contributed by atoms with van der Waals surface area (Å²) in [5.41, 5.74) is -1.62. The maximum atomic E-state index is 13.7. The molecule has 0 aliphatic carbocycles. The highest BCUT2D eigenvalue weighted by atomic mass is 19.2. The van der Waals surface area contributed by atoms with Crippen LogP contribution in [0.1, 0.15) is 26.3 Å². The second-order valence-electron chi connectivity index (χ2n) is 4.69. The minimum absolute atomic E-state index is 0.255. The summed E-state index contributed by atoms with van der Waals surface area (Å²) in [5.74, 6) is -10.3. The molecule has 2 aromatic carbocycles. The first-order valence-electron chi connectivity index (χ1n) is 6.19. The molecule has 7 heteroatoms. The van der Waals surface area contributed by atoms with Crippen molar-refractivity contribution in [3.8, 4) is 0 Å². The lowest BCUT2D eigenvalue weighted by atomic mass is 10.1. The van der Waals surface area contributed by atoms with Crippen molar-refractivity contribution in [1.82, 2.24) is 4.90 Å². The number of nitrogens with zero attached hydrogens (tertiary/aromatic N) is 1. The molecule has 112 valence electrons. The maximum absolute atomic E-state index is 13.7. The predicted molar refractivity (Wildman–Crippen MR) is 66.9 cm³/mol. The molecule has 0 atom stereocenters. The molecule has 2 amide bonds. The van der Waals surface area contributed by atoms with Crippen molar-refractivity contribution in [1.29, 1.82) is 0 Å². The molecule has 1 aliphatic heterocycles. The summed E-state index contributed by atoms with van der Waals surface area (Å²) in [6.07, 6.45) is 0. The number of carbonyl (C=O) groups excluding carboxylic acids is 2. The molecule has 0 spiro atoms. The number of halogens is 4. The third-order valence-corrected chi connectivity index (χ3v) is 3.37. The van der Waals surface area contributed by atoms with E-state index in [1.807, 2.05) is 0 Å². The standard InChI is InChI=1S/C15H7F4NO2/c16-10-8-9(11(17)13(19)12(10)18)15(22)20(14(8)21)6-7-4-2-1-3-5-7/h1-5H,6H2. The maximum Gasteiger partial charge on any atom is 0.265 e. The summed E-state index contributed by atoms with van der Waals surface area (Å²) < 4.78 is 53.9. The van der Waals surface area contributed by atoms with Gasteiger partial charge in [-0.3, -0.25) is 14.5 Å². The zero-order valence-corrected chi connectivity index (χ0v) is 10.9. The van der Waals surface area contributed by atoms with E-state index in [4.69, 9.17) is 0 Å². The van der Waals surface area contributed by atoms with Crippen molar-refractivity contribution in [3.05, 3.63) is 70.3 Å². The largest absolute Gasteiger partial charge is 0.270 e. The zero-order chi connectivity index (χ0) is 16.0. The number of imide groups is 1. The Kier molecular flexibility index (Phi) is 3.20. The Morgan fingerprint density at radius 2 is 1.18 bits per heavy atom. The number of carbonyl (C=O) groups is 2. The first kappa shape index (κ1) is 14.2. The fourth-order valence-electron chi connectivity index (χ4n) is 2.31. The van der Waals surface area contributed by atoms with Crippen LogP contribution in [0, 0.1) is 23.3 Å². The topological polar surface area (TPSA) is 37.4 Å². The van der Waals surface area contributed by atoms with E-state index >= 15 is 0 Å². The highest BCUT2D eigenvalue weighted by Gasteiger charge is 2.43. The third-order valence-electron chi connectivity index (χ3n) is 3.37. The van der Waals surface area contributed by atoms with Gasteiger partial charge in [-0.05, 0) is 5.56 Å². The summed E-state index contributed by atoms with van der Waals surface area (Å²) in [7, 11) is 0. The molecule has 0 saturated carbocycles. The average molecular weight is 309 g/mol. The van der Waals surface area contributed by atoms with Gasteiger partial charge in [0.15, 0.2) is 23.3 Å². The molecule has 2 aromatic rings. The lowest BCUT2D eigenvalue weighted by molar-refractivity contribution is 0.0639.